The number of hydrogen-bond acceptors (Lipinski definition) is 2. The molecule has 2 N–H and O–H groups in total. The summed E-state index contributed by atoms with van der Waals surface area (Å²) in [4.78, 5) is 0.206. The van der Waals surface area contributed by atoms with Gasteiger partial charge in [-0.25, -0.2) is 13.6 Å². The lowest BCUT2D eigenvalue weighted by Gasteiger charge is -1.91. The topological polar surface area (TPSA) is 60.2 Å². The standard InChI is InChI=1S/C4H9NO2S/c1-3-4(2)8(5,6)7/h3H,1-2H3,(H2,5,6,7)/b4-3-. The predicted octanol–water partition coefficient (Wildman–Crippen LogP) is 0.199. The largest absolute Gasteiger partial charge is 0.233 e. The van der Waals surface area contributed by atoms with E-state index in [0.29, 0.717) is 0 Å². The van der Waals surface area contributed by atoms with E-state index in [1.54, 1.807) is 6.92 Å². The van der Waals surface area contributed by atoms with E-state index in [1.807, 2.05) is 0 Å². The molecule has 0 bridgehead atoms. The molecular weight excluding hydrogens is 126 g/mol. The summed E-state index contributed by atoms with van der Waals surface area (Å²) < 4.78 is 20.5. The van der Waals surface area contributed by atoms with Gasteiger partial charge in [-0.05, 0) is 13.8 Å². The van der Waals surface area contributed by atoms with Crippen LogP contribution in [0.25, 0.3) is 0 Å². The second-order valence-corrected chi connectivity index (χ2v) is 3.18. The first-order chi connectivity index (χ1) is 3.48. The Labute approximate surface area is 49.2 Å². The van der Waals surface area contributed by atoms with Crippen molar-refractivity contribution in [2.75, 3.05) is 0 Å². The van der Waals surface area contributed by atoms with Crippen LogP contribution in [0.1, 0.15) is 13.8 Å². The third-order valence-electron chi connectivity index (χ3n) is 0.855. The first-order valence-corrected chi connectivity index (χ1v) is 3.69. The average molecular weight is 135 g/mol. The molecule has 0 saturated carbocycles. The van der Waals surface area contributed by atoms with E-state index in [0.717, 1.165) is 0 Å². The van der Waals surface area contributed by atoms with Gasteiger partial charge in [0.2, 0.25) is 10.0 Å². The van der Waals surface area contributed by atoms with Crippen molar-refractivity contribution in [1.82, 2.24) is 0 Å². The van der Waals surface area contributed by atoms with Gasteiger partial charge in [-0.1, -0.05) is 6.08 Å². The van der Waals surface area contributed by atoms with Crippen molar-refractivity contribution < 1.29 is 8.42 Å². The number of hydrogen-bond donors (Lipinski definition) is 1. The van der Waals surface area contributed by atoms with Crippen LogP contribution in [0.2, 0.25) is 0 Å². The molecule has 48 valence electrons. The molecule has 0 aliphatic heterocycles. The minimum absolute atomic E-state index is 0.206. The van der Waals surface area contributed by atoms with E-state index in [9.17, 15) is 8.42 Å². The molecule has 0 fully saturated rings. The molecule has 0 aromatic heterocycles. The summed E-state index contributed by atoms with van der Waals surface area (Å²) in [5.41, 5.74) is 0. The summed E-state index contributed by atoms with van der Waals surface area (Å²) in [6, 6.07) is 0. The number of rotatable bonds is 1. The summed E-state index contributed by atoms with van der Waals surface area (Å²) in [7, 11) is -3.39. The molecule has 4 heteroatoms. The molecule has 0 saturated heterocycles. The fourth-order valence-corrected chi connectivity index (χ4v) is 0.493. The zero-order valence-corrected chi connectivity index (χ0v) is 5.70. The Morgan fingerprint density at radius 1 is 1.62 bits per heavy atom. The van der Waals surface area contributed by atoms with Crippen molar-refractivity contribution in [3.8, 4) is 0 Å². The molecule has 0 aromatic carbocycles. The van der Waals surface area contributed by atoms with Crippen molar-refractivity contribution in [2.24, 2.45) is 5.14 Å². The minimum Gasteiger partial charge on any atom is -0.225 e. The highest BCUT2D eigenvalue weighted by Gasteiger charge is 2.01. The van der Waals surface area contributed by atoms with E-state index < -0.39 is 10.0 Å². The van der Waals surface area contributed by atoms with Crippen molar-refractivity contribution in [1.29, 1.82) is 0 Å². The van der Waals surface area contributed by atoms with Gasteiger partial charge in [-0.3, -0.25) is 0 Å². The molecular formula is C4H9NO2S. The van der Waals surface area contributed by atoms with Crippen LogP contribution in [0, 0.1) is 0 Å². The first-order valence-electron chi connectivity index (χ1n) is 2.14. The van der Waals surface area contributed by atoms with Crippen LogP contribution in [0.3, 0.4) is 0 Å². The lowest BCUT2D eigenvalue weighted by atomic mass is 10.6. The maximum atomic E-state index is 10.3. The molecule has 0 aliphatic carbocycles. The Kier molecular flexibility index (Phi) is 2.18. The van der Waals surface area contributed by atoms with Gasteiger partial charge in [0.15, 0.2) is 0 Å². The Bertz CT molecular complexity index is 190. The van der Waals surface area contributed by atoms with Gasteiger partial charge < -0.3 is 0 Å². The summed E-state index contributed by atoms with van der Waals surface area (Å²) in [6.07, 6.45) is 1.45. The third kappa shape index (κ3) is 2.09. The zero-order chi connectivity index (χ0) is 6.78. The maximum Gasteiger partial charge on any atom is 0.233 e. The smallest absolute Gasteiger partial charge is 0.225 e. The van der Waals surface area contributed by atoms with Gasteiger partial charge in [0, 0.05) is 0 Å². The molecule has 3 nitrogen and oxygen atoms in total. The van der Waals surface area contributed by atoms with Gasteiger partial charge in [0.25, 0.3) is 0 Å². The monoisotopic (exact) mass is 135 g/mol. The van der Waals surface area contributed by atoms with Gasteiger partial charge in [0.1, 0.15) is 0 Å². The molecule has 0 unspecified atom stereocenters. The van der Waals surface area contributed by atoms with Crippen molar-refractivity contribution in [2.45, 2.75) is 13.8 Å². The molecule has 0 amide bonds. The zero-order valence-electron chi connectivity index (χ0n) is 4.88. The van der Waals surface area contributed by atoms with Crippen LogP contribution in [0.5, 0.6) is 0 Å². The van der Waals surface area contributed by atoms with Crippen molar-refractivity contribution in [3.05, 3.63) is 11.0 Å². The molecule has 0 atom stereocenters. The molecule has 8 heavy (non-hydrogen) atoms. The normalized spacial score (nSPS) is 14.1. The highest BCUT2D eigenvalue weighted by atomic mass is 32.2. The highest BCUT2D eigenvalue weighted by molar-refractivity contribution is 7.93. The van der Waals surface area contributed by atoms with Crippen LogP contribution in [0.4, 0.5) is 0 Å². The third-order valence-corrected chi connectivity index (χ3v) is 1.99. The predicted molar refractivity (Wildman–Crippen MR) is 32.5 cm³/mol. The van der Waals surface area contributed by atoms with Gasteiger partial charge in [-0.2, -0.15) is 0 Å². The number of nitrogens with two attached hydrogens (primary N) is 1. The van der Waals surface area contributed by atoms with Crippen LogP contribution < -0.4 is 5.14 Å². The summed E-state index contributed by atoms with van der Waals surface area (Å²) >= 11 is 0. The summed E-state index contributed by atoms with van der Waals surface area (Å²) in [5, 5.41) is 4.69. The lowest BCUT2D eigenvalue weighted by molar-refractivity contribution is 0.603. The molecule has 0 radical (unpaired) electrons. The Balaban J connectivity index is 4.55. The van der Waals surface area contributed by atoms with E-state index in [-0.39, 0.29) is 4.91 Å². The lowest BCUT2D eigenvalue weighted by Crippen LogP contribution is -2.12. The van der Waals surface area contributed by atoms with Crippen molar-refractivity contribution in [3.63, 3.8) is 0 Å². The second kappa shape index (κ2) is 2.28. The molecule has 0 rings (SSSR count). The Hall–Kier alpha value is -0.350. The molecule has 0 aliphatic rings. The maximum absolute atomic E-state index is 10.3. The quantitative estimate of drug-likeness (QED) is 0.558. The fourth-order valence-electron chi connectivity index (χ4n) is 0.164. The molecule has 0 spiro atoms. The highest BCUT2D eigenvalue weighted by Crippen LogP contribution is 1.96. The van der Waals surface area contributed by atoms with Crippen molar-refractivity contribution >= 4 is 10.0 Å². The van der Waals surface area contributed by atoms with E-state index in [1.165, 1.54) is 13.0 Å². The van der Waals surface area contributed by atoms with Gasteiger partial charge >= 0.3 is 0 Å². The van der Waals surface area contributed by atoms with Crippen LogP contribution in [0.15, 0.2) is 11.0 Å². The molecule has 0 aromatic rings. The second-order valence-electron chi connectivity index (χ2n) is 1.44. The van der Waals surface area contributed by atoms with Crippen LogP contribution in [-0.4, -0.2) is 8.42 Å². The minimum atomic E-state index is -3.39. The molecule has 0 heterocycles. The first kappa shape index (κ1) is 7.65. The SMILES string of the molecule is C/C=C(/C)S(N)(=O)=O. The van der Waals surface area contributed by atoms with E-state index in [2.05, 4.69) is 0 Å². The fraction of sp³-hybridized carbons (Fsp3) is 0.500. The Morgan fingerprint density at radius 3 is 2.00 bits per heavy atom. The Morgan fingerprint density at radius 2 is 2.00 bits per heavy atom. The van der Waals surface area contributed by atoms with E-state index in [4.69, 9.17) is 5.14 Å². The number of primary sulfonamides is 1. The van der Waals surface area contributed by atoms with Crippen LogP contribution in [-0.2, 0) is 10.0 Å². The average Bonchev–Trinajstić information content (AvgIpc) is 1.62. The van der Waals surface area contributed by atoms with E-state index >= 15 is 0 Å². The number of allylic oxidation sites excluding steroid dienone is 2. The summed E-state index contributed by atoms with van der Waals surface area (Å²) in [5.74, 6) is 0. The summed E-state index contributed by atoms with van der Waals surface area (Å²) in [6.45, 7) is 3.08. The van der Waals surface area contributed by atoms with Gasteiger partial charge in [-0.15, -0.1) is 0 Å². The van der Waals surface area contributed by atoms with Crippen LogP contribution >= 0.6 is 0 Å². The van der Waals surface area contributed by atoms with Gasteiger partial charge in [0.05, 0.1) is 4.91 Å². The number of sulfonamides is 1.